The van der Waals surface area contributed by atoms with Gasteiger partial charge in [-0.1, -0.05) is 47.5 Å². The Balaban J connectivity index is 1.99. The molecule has 0 saturated carbocycles. The summed E-state index contributed by atoms with van der Waals surface area (Å²) in [7, 11) is 1.84. The zero-order valence-corrected chi connectivity index (χ0v) is 32.1. The molecule has 0 aliphatic carbocycles. The van der Waals surface area contributed by atoms with E-state index in [0.29, 0.717) is 19.3 Å². The number of hydrogen-bond donors (Lipinski definition) is 1. The third kappa shape index (κ3) is 11.0. The molecular weight excluding hydrogens is 743 g/mol. The number of thiazole rings is 1. The van der Waals surface area contributed by atoms with Crippen molar-refractivity contribution < 1.29 is 60.1 Å². The molecule has 2 aromatic rings. The Labute approximate surface area is 314 Å². The molecule has 300 valence electrons. The van der Waals surface area contributed by atoms with E-state index in [1.807, 2.05) is 25.8 Å². The van der Waals surface area contributed by atoms with E-state index in [1.54, 1.807) is 20.8 Å². The summed E-state index contributed by atoms with van der Waals surface area (Å²) in [5.74, 6) is -18.2. The van der Waals surface area contributed by atoms with E-state index in [1.165, 1.54) is 4.90 Å². The molecule has 2 amide bonds. The average Bonchev–Trinajstić information content (AvgIpc) is 3.63. The average molecular weight is 791 g/mol. The third-order valence-electron chi connectivity index (χ3n) is 9.26. The number of ether oxygens (including phenoxy) is 3. The van der Waals surface area contributed by atoms with E-state index in [2.05, 4.69) is 15.0 Å². The lowest BCUT2D eigenvalue weighted by molar-refractivity contribution is -0.160. The predicted octanol–water partition coefficient (Wildman–Crippen LogP) is 6.22. The minimum absolute atomic E-state index is 0.0392. The lowest BCUT2D eigenvalue weighted by Crippen LogP contribution is -2.59. The Hall–Kier alpha value is -4.19. The van der Waals surface area contributed by atoms with Crippen molar-refractivity contribution in [1.29, 1.82) is 0 Å². The highest BCUT2D eigenvalue weighted by atomic mass is 32.1. The molecule has 12 nitrogen and oxygen atoms in total. The van der Waals surface area contributed by atoms with E-state index in [0.717, 1.165) is 43.0 Å². The van der Waals surface area contributed by atoms with Crippen LogP contribution in [0.25, 0.3) is 0 Å². The normalized spacial score (nSPS) is 16.9. The smallest absolute Gasteiger partial charge is 0.363 e. The van der Waals surface area contributed by atoms with Gasteiger partial charge in [-0.15, -0.1) is 11.3 Å². The van der Waals surface area contributed by atoms with Crippen molar-refractivity contribution in [2.24, 2.45) is 11.8 Å². The number of rotatable bonds is 17. The van der Waals surface area contributed by atoms with Gasteiger partial charge in [0.25, 0.3) is 0 Å². The van der Waals surface area contributed by atoms with Gasteiger partial charge in [0.15, 0.2) is 18.5 Å². The molecule has 1 fully saturated rings. The summed E-state index contributed by atoms with van der Waals surface area (Å²) >= 11 is 0.758. The first-order valence-electron chi connectivity index (χ1n) is 17.8. The van der Waals surface area contributed by atoms with Crippen molar-refractivity contribution in [3.8, 4) is 5.75 Å². The van der Waals surface area contributed by atoms with E-state index in [-0.39, 0.29) is 29.7 Å². The number of hydrogen-bond acceptors (Lipinski definition) is 11. The number of aromatic nitrogens is 1. The Bertz CT molecular complexity index is 1650. The molecule has 18 heteroatoms. The fraction of sp³-hybridized carbons (Fsp3) is 0.611. The second-order valence-corrected chi connectivity index (χ2v) is 14.5. The van der Waals surface area contributed by atoms with E-state index in [9.17, 15) is 45.9 Å². The van der Waals surface area contributed by atoms with Crippen LogP contribution in [0.4, 0.5) is 22.0 Å². The number of amides is 2. The molecule has 5 atom stereocenters. The van der Waals surface area contributed by atoms with E-state index in [4.69, 9.17) is 9.47 Å². The SMILES string of the molecule is CCCC(=O)OCN(C(=O)[C@@H](NC(=O)[C@H]1CCCCN1C)C(C)CC)[C@H](C[C@@H](OC(C)=O)c1nc(C(=O)Oc2c(F)c(F)c(F)c(F)c2F)cs1)C(C)C. The number of likely N-dealkylation sites (tertiary alicyclic amines) is 1. The number of nitrogens with one attached hydrogen (secondary N) is 1. The molecule has 1 aromatic carbocycles. The van der Waals surface area contributed by atoms with Crippen molar-refractivity contribution in [2.45, 2.75) is 111 Å². The molecule has 3 rings (SSSR count). The maximum Gasteiger partial charge on any atom is 0.363 e. The molecule has 1 aliphatic heterocycles. The topological polar surface area (TPSA) is 144 Å². The number of halogens is 5. The quantitative estimate of drug-likeness (QED) is 0.0490. The van der Waals surface area contributed by atoms with Crippen LogP contribution in [0.2, 0.25) is 0 Å². The number of nitrogens with zero attached hydrogens (tertiary/aromatic N) is 3. The first-order valence-corrected chi connectivity index (χ1v) is 18.6. The largest absolute Gasteiger partial charge is 0.455 e. The van der Waals surface area contributed by atoms with E-state index < -0.39 is 101 Å². The Morgan fingerprint density at radius 1 is 1.00 bits per heavy atom. The van der Waals surface area contributed by atoms with Crippen LogP contribution in [0.3, 0.4) is 0 Å². The molecule has 1 N–H and O–H groups in total. The lowest BCUT2D eigenvalue weighted by Gasteiger charge is -2.39. The Kier molecular flexibility index (Phi) is 16.3. The first kappa shape index (κ1) is 44.2. The van der Waals surface area contributed by atoms with Crippen LogP contribution in [-0.4, -0.2) is 83.0 Å². The van der Waals surface area contributed by atoms with E-state index >= 15 is 0 Å². The fourth-order valence-electron chi connectivity index (χ4n) is 5.99. The maximum absolute atomic E-state index is 14.6. The highest BCUT2D eigenvalue weighted by Gasteiger charge is 2.39. The summed E-state index contributed by atoms with van der Waals surface area (Å²) in [5, 5.41) is 3.97. The van der Waals surface area contributed by atoms with Gasteiger partial charge < -0.3 is 24.4 Å². The van der Waals surface area contributed by atoms with Crippen LogP contribution in [-0.2, 0) is 28.7 Å². The molecular formula is C36H47F5N4O8S. The molecule has 1 aliphatic rings. The van der Waals surface area contributed by atoms with Crippen molar-refractivity contribution >= 4 is 41.1 Å². The molecule has 1 saturated heterocycles. The molecule has 0 bridgehead atoms. The number of carbonyl (C=O) groups is 5. The second kappa shape index (κ2) is 19.9. The number of piperidine rings is 1. The summed E-state index contributed by atoms with van der Waals surface area (Å²) in [6, 6.07) is -2.31. The maximum atomic E-state index is 14.6. The van der Waals surface area contributed by atoms with Gasteiger partial charge in [-0.05, 0) is 44.7 Å². The van der Waals surface area contributed by atoms with Crippen molar-refractivity contribution in [1.82, 2.24) is 20.1 Å². The number of esters is 3. The summed E-state index contributed by atoms with van der Waals surface area (Å²) in [6.45, 7) is 10.3. The number of benzene rings is 1. The van der Waals surface area contributed by atoms with Crippen molar-refractivity contribution in [2.75, 3.05) is 20.3 Å². The number of carbonyl (C=O) groups excluding carboxylic acids is 5. The zero-order chi connectivity index (χ0) is 40.4. The van der Waals surface area contributed by atoms with Gasteiger partial charge >= 0.3 is 17.9 Å². The monoisotopic (exact) mass is 790 g/mol. The van der Waals surface area contributed by atoms with Gasteiger partial charge in [-0.2, -0.15) is 8.78 Å². The van der Waals surface area contributed by atoms with Crippen LogP contribution in [0.15, 0.2) is 5.38 Å². The molecule has 0 spiro atoms. The van der Waals surface area contributed by atoms with Crippen LogP contribution in [0.1, 0.15) is 108 Å². The van der Waals surface area contributed by atoms with Crippen LogP contribution in [0, 0.1) is 40.9 Å². The Morgan fingerprint density at radius 3 is 2.19 bits per heavy atom. The zero-order valence-electron chi connectivity index (χ0n) is 31.3. The molecule has 1 unspecified atom stereocenters. The highest BCUT2D eigenvalue weighted by molar-refractivity contribution is 7.09. The minimum Gasteiger partial charge on any atom is -0.455 e. The van der Waals surface area contributed by atoms with Crippen LogP contribution in [0.5, 0.6) is 5.75 Å². The molecule has 0 radical (unpaired) electrons. The molecule has 1 aromatic heterocycles. The molecule has 2 heterocycles. The minimum atomic E-state index is -2.44. The first-order chi connectivity index (χ1) is 25.4. The standard InChI is InChI=1S/C36H47F5N4O8S/c1-8-12-25(47)51-17-45(35(49)31(19(5)9-2)43-33(48)22-13-10-11-14-44(22)7)23(18(3)4)15-24(52-20(6)46)34-42-21(16-54-34)36(50)53-32-29(40)27(38)26(37)28(39)30(32)41/h16,18-19,22-24,31H,8-15,17H2,1-7H3,(H,43,48)/t19?,22-,23-,24-,31+/m1/s1. The summed E-state index contributed by atoms with van der Waals surface area (Å²) in [4.78, 5) is 73.2. The molecule has 54 heavy (non-hydrogen) atoms. The Morgan fingerprint density at radius 2 is 1.63 bits per heavy atom. The van der Waals surface area contributed by atoms with Gasteiger partial charge in [-0.3, -0.25) is 24.1 Å². The number of likely N-dealkylation sites (N-methyl/N-ethyl adjacent to an activating group) is 1. The van der Waals surface area contributed by atoms with Crippen LogP contribution < -0.4 is 10.1 Å². The van der Waals surface area contributed by atoms with Gasteiger partial charge in [0.05, 0.1) is 6.04 Å². The van der Waals surface area contributed by atoms with Crippen molar-refractivity contribution in [3.05, 3.63) is 45.2 Å². The van der Waals surface area contributed by atoms with Gasteiger partial charge in [0.2, 0.25) is 46.6 Å². The summed E-state index contributed by atoms with van der Waals surface area (Å²) < 4.78 is 85.0. The highest BCUT2D eigenvalue weighted by Crippen LogP contribution is 2.33. The predicted molar refractivity (Wildman–Crippen MR) is 185 cm³/mol. The summed E-state index contributed by atoms with van der Waals surface area (Å²) in [6.07, 6.45) is 2.05. The van der Waals surface area contributed by atoms with Gasteiger partial charge in [0, 0.05) is 31.2 Å². The van der Waals surface area contributed by atoms with Gasteiger partial charge in [-0.25, -0.2) is 22.9 Å². The van der Waals surface area contributed by atoms with Crippen LogP contribution >= 0.6 is 11.3 Å². The van der Waals surface area contributed by atoms with Gasteiger partial charge in [0.1, 0.15) is 11.0 Å². The van der Waals surface area contributed by atoms with Crippen molar-refractivity contribution in [3.63, 3.8) is 0 Å². The summed E-state index contributed by atoms with van der Waals surface area (Å²) in [5.41, 5.74) is -0.606. The lowest BCUT2D eigenvalue weighted by atomic mass is 9.92. The fourth-order valence-corrected chi connectivity index (χ4v) is 6.81. The third-order valence-corrected chi connectivity index (χ3v) is 10.2. The second-order valence-electron chi connectivity index (χ2n) is 13.6.